The molecule has 5 heteroatoms. The highest BCUT2D eigenvalue weighted by Gasteiger charge is 2.01. The van der Waals surface area contributed by atoms with E-state index >= 15 is 0 Å². The molecule has 0 unspecified atom stereocenters. The quantitative estimate of drug-likeness (QED) is 0.693. The van der Waals surface area contributed by atoms with Crippen molar-refractivity contribution in [2.45, 2.75) is 20.8 Å². The van der Waals surface area contributed by atoms with Gasteiger partial charge in [0.15, 0.2) is 0 Å². The van der Waals surface area contributed by atoms with Gasteiger partial charge < -0.3 is 9.47 Å². The number of nitrogens with zero attached hydrogens (tertiary/aromatic N) is 3. The van der Waals surface area contributed by atoms with Gasteiger partial charge in [-0.05, 0) is 6.92 Å². The molecular formula is C8H15N3O2. The van der Waals surface area contributed by atoms with E-state index in [1.807, 2.05) is 13.8 Å². The molecule has 0 radical (unpaired) electrons. The molecule has 0 fully saturated rings. The number of hydrogen-bond acceptors (Lipinski definition) is 5. The molecule has 0 saturated heterocycles. The molecule has 0 aromatic carbocycles. The van der Waals surface area contributed by atoms with E-state index in [2.05, 4.69) is 15.0 Å². The van der Waals surface area contributed by atoms with Crippen LogP contribution in [0.3, 0.4) is 0 Å². The van der Waals surface area contributed by atoms with Crippen LogP contribution in [0.5, 0.6) is 12.0 Å². The summed E-state index contributed by atoms with van der Waals surface area (Å²) in [4.78, 5) is 11.6. The van der Waals surface area contributed by atoms with Gasteiger partial charge in [-0.15, -0.1) is 4.98 Å². The number of aromatic nitrogens is 3. The summed E-state index contributed by atoms with van der Waals surface area (Å²) in [7, 11) is 2.99. The number of aryl methyl sites for hydroxylation is 1. The molecule has 0 aliphatic rings. The zero-order valence-corrected chi connectivity index (χ0v) is 8.66. The number of ether oxygens (including phenoxy) is 2. The lowest BCUT2D eigenvalue weighted by Gasteiger charge is -2.00. The molecule has 1 heterocycles. The van der Waals surface area contributed by atoms with Crippen molar-refractivity contribution < 1.29 is 9.47 Å². The van der Waals surface area contributed by atoms with Crippen molar-refractivity contribution in [2.24, 2.45) is 0 Å². The Kier molecular flexibility index (Phi) is 5.50. The largest absolute Gasteiger partial charge is 0.467 e. The van der Waals surface area contributed by atoms with E-state index in [0.717, 1.165) is 0 Å². The van der Waals surface area contributed by atoms with Crippen molar-refractivity contribution in [1.29, 1.82) is 0 Å². The summed E-state index contributed by atoms with van der Waals surface area (Å²) in [5.41, 5.74) is 0. The predicted molar refractivity (Wildman–Crippen MR) is 49.0 cm³/mol. The standard InChI is InChI=1S/C6H9N3O2.C2H6/c1-4-7-5(10-2)9-6(8-4)11-3;1-2/h1-3H3;1-2H3. The summed E-state index contributed by atoms with van der Waals surface area (Å²) in [6.45, 7) is 5.74. The van der Waals surface area contributed by atoms with Crippen molar-refractivity contribution in [2.75, 3.05) is 14.2 Å². The average Bonchev–Trinajstić information content (AvgIpc) is 2.20. The van der Waals surface area contributed by atoms with Crippen LogP contribution in [-0.4, -0.2) is 29.2 Å². The molecule has 0 aliphatic carbocycles. The summed E-state index contributed by atoms with van der Waals surface area (Å²) in [6.07, 6.45) is 0. The van der Waals surface area contributed by atoms with Crippen LogP contribution in [0, 0.1) is 6.92 Å². The van der Waals surface area contributed by atoms with E-state index in [1.54, 1.807) is 6.92 Å². The van der Waals surface area contributed by atoms with Gasteiger partial charge >= 0.3 is 12.0 Å². The molecular weight excluding hydrogens is 170 g/mol. The van der Waals surface area contributed by atoms with Crippen LogP contribution in [-0.2, 0) is 0 Å². The highest BCUT2D eigenvalue weighted by atomic mass is 16.5. The van der Waals surface area contributed by atoms with Gasteiger partial charge in [0.05, 0.1) is 14.2 Å². The number of rotatable bonds is 2. The summed E-state index contributed by atoms with van der Waals surface area (Å²) in [5, 5.41) is 0. The minimum absolute atomic E-state index is 0.273. The molecule has 74 valence electrons. The van der Waals surface area contributed by atoms with Gasteiger partial charge in [-0.25, -0.2) is 0 Å². The Morgan fingerprint density at radius 3 is 1.54 bits per heavy atom. The normalized spacial score (nSPS) is 8.38. The van der Waals surface area contributed by atoms with Crippen LogP contribution >= 0.6 is 0 Å². The van der Waals surface area contributed by atoms with E-state index < -0.39 is 0 Å². The van der Waals surface area contributed by atoms with Gasteiger partial charge in [-0.3, -0.25) is 0 Å². The minimum atomic E-state index is 0.273. The predicted octanol–water partition coefficient (Wildman–Crippen LogP) is 1.22. The van der Waals surface area contributed by atoms with Crippen LogP contribution in [0.25, 0.3) is 0 Å². The van der Waals surface area contributed by atoms with Crippen LogP contribution in [0.4, 0.5) is 0 Å². The van der Waals surface area contributed by atoms with Crippen LogP contribution < -0.4 is 9.47 Å². The highest BCUT2D eigenvalue weighted by molar-refractivity contribution is 5.03. The smallest absolute Gasteiger partial charge is 0.322 e. The monoisotopic (exact) mass is 185 g/mol. The Bertz CT molecular complexity index is 231. The van der Waals surface area contributed by atoms with Crippen LogP contribution in [0.1, 0.15) is 19.7 Å². The second-order valence-electron chi connectivity index (χ2n) is 1.86. The van der Waals surface area contributed by atoms with E-state index in [0.29, 0.717) is 5.82 Å². The van der Waals surface area contributed by atoms with Gasteiger partial charge in [0.25, 0.3) is 0 Å². The van der Waals surface area contributed by atoms with Crippen LogP contribution in [0.2, 0.25) is 0 Å². The lowest BCUT2D eigenvalue weighted by molar-refractivity contribution is 0.337. The van der Waals surface area contributed by atoms with Crippen molar-refractivity contribution in [3.63, 3.8) is 0 Å². The van der Waals surface area contributed by atoms with Crippen molar-refractivity contribution >= 4 is 0 Å². The Labute approximate surface area is 78.1 Å². The van der Waals surface area contributed by atoms with Gasteiger partial charge in [0.2, 0.25) is 0 Å². The molecule has 0 amide bonds. The Morgan fingerprint density at radius 2 is 1.23 bits per heavy atom. The summed E-state index contributed by atoms with van der Waals surface area (Å²) in [6, 6.07) is 0.545. The molecule has 0 N–H and O–H groups in total. The molecule has 1 rings (SSSR count). The third-order valence-corrected chi connectivity index (χ3v) is 1.07. The van der Waals surface area contributed by atoms with Gasteiger partial charge in [0, 0.05) is 0 Å². The zero-order chi connectivity index (χ0) is 10.3. The topological polar surface area (TPSA) is 57.1 Å². The van der Waals surface area contributed by atoms with Gasteiger partial charge in [-0.2, -0.15) is 9.97 Å². The third kappa shape index (κ3) is 3.68. The zero-order valence-electron chi connectivity index (χ0n) is 8.66. The Balaban J connectivity index is 0.000000671. The van der Waals surface area contributed by atoms with E-state index in [-0.39, 0.29) is 12.0 Å². The number of hydrogen-bond donors (Lipinski definition) is 0. The van der Waals surface area contributed by atoms with E-state index in [1.165, 1.54) is 14.2 Å². The van der Waals surface area contributed by atoms with E-state index in [4.69, 9.17) is 9.47 Å². The fourth-order valence-corrected chi connectivity index (χ4v) is 0.616. The molecule has 1 aromatic rings. The molecule has 0 atom stereocenters. The molecule has 5 nitrogen and oxygen atoms in total. The molecule has 13 heavy (non-hydrogen) atoms. The first-order valence-corrected chi connectivity index (χ1v) is 4.07. The molecule has 1 aromatic heterocycles. The first kappa shape index (κ1) is 11.6. The maximum absolute atomic E-state index is 4.80. The number of methoxy groups -OCH3 is 2. The lowest BCUT2D eigenvalue weighted by atomic mass is 10.7. The average molecular weight is 185 g/mol. The summed E-state index contributed by atoms with van der Waals surface area (Å²) in [5.74, 6) is 0.578. The fraction of sp³-hybridized carbons (Fsp3) is 0.625. The molecule has 0 spiro atoms. The SMILES string of the molecule is CC.COc1nc(C)nc(OC)n1. The molecule has 0 saturated carbocycles. The van der Waals surface area contributed by atoms with Crippen molar-refractivity contribution in [1.82, 2.24) is 15.0 Å². The van der Waals surface area contributed by atoms with Gasteiger partial charge in [0.1, 0.15) is 5.82 Å². The highest BCUT2D eigenvalue weighted by Crippen LogP contribution is 2.06. The first-order valence-electron chi connectivity index (χ1n) is 4.07. The lowest BCUT2D eigenvalue weighted by Crippen LogP contribution is -2.00. The Morgan fingerprint density at radius 1 is 0.846 bits per heavy atom. The minimum Gasteiger partial charge on any atom is -0.467 e. The Hall–Kier alpha value is -1.39. The molecule has 0 aliphatic heterocycles. The maximum Gasteiger partial charge on any atom is 0.322 e. The van der Waals surface area contributed by atoms with Crippen molar-refractivity contribution in [3.8, 4) is 12.0 Å². The summed E-state index contributed by atoms with van der Waals surface area (Å²) >= 11 is 0. The summed E-state index contributed by atoms with van der Waals surface area (Å²) < 4.78 is 9.59. The first-order chi connectivity index (χ1) is 6.26. The van der Waals surface area contributed by atoms with Crippen molar-refractivity contribution in [3.05, 3.63) is 5.82 Å². The second kappa shape index (κ2) is 6.16. The maximum atomic E-state index is 4.80. The van der Waals surface area contributed by atoms with Gasteiger partial charge in [-0.1, -0.05) is 13.8 Å². The second-order valence-corrected chi connectivity index (χ2v) is 1.86. The third-order valence-electron chi connectivity index (χ3n) is 1.07. The van der Waals surface area contributed by atoms with Crippen LogP contribution in [0.15, 0.2) is 0 Å². The fourth-order valence-electron chi connectivity index (χ4n) is 0.616. The molecule has 0 bridgehead atoms. The van der Waals surface area contributed by atoms with E-state index in [9.17, 15) is 0 Å².